The Kier molecular flexibility index (Phi) is 3.65. The van der Waals surface area contributed by atoms with Gasteiger partial charge in [-0.15, -0.1) is 0 Å². The minimum atomic E-state index is -0.640. The molecule has 2 aliphatic rings. The van der Waals surface area contributed by atoms with E-state index in [0.717, 1.165) is 23.7 Å². The normalized spacial score (nSPS) is 35.3. The van der Waals surface area contributed by atoms with E-state index in [-0.39, 0.29) is 12.7 Å². The van der Waals surface area contributed by atoms with Gasteiger partial charge in [0.05, 0.1) is 0 Å². The van der Waals surface area contributed by atoms with Crippen LogP contribution in [0.3, 0.4) is 0 Å². The van der Waals surface area contributed by atoms with Gasteiger partial charge in [-0.05, 0) is 33.1 Å². The Morgan fingerprint density at radius 1 is 1.59 bits per heavy atom. The second-order valence-corrected chi connectivity index (χ2v) is 5.67. The van der Waals surface area contributed by atoms with E-state index in [9.17, 15) is 0 Å². The SMILES string of the molecule is CC1(C)O[C@@H](C#CCO)[C@]2(CCCC=C2Br)O1. The summed E-state index contributed by atoms with van der Waals surface area (Å²) in [6, 6.07) is 0. The molecule has 4 heteroatoms. The fourth-order valence-electron chi connectivity index (χ4n) is 2.42. The van der Waals surface area contributed by atoms with Crippen molar-refractivity contribution in [1.82, 2.24) is 0 Å². The number of hydrogen-bond acceptors (Lipinski definition) is 3. The van der Waals surface area contributed by atoms with E-state index >= 15 is 0 Å². The molecular formula is C13H17BrO3. The molecule has 0 aromatic carbocycles. The summed E-state index contributed by atoms with van der Waals surface area (Å²) < 4.78 is 12.9. The number of aliphatic hydroxyl groups excluding tert-OH is 1. The highest BCUT2D eigenvalue weighted by Crippen LogP contribution is 2.48. The Morgan fingerprint density at radius 3 is 3.00 bits per heavy atom. The quantitative estimate of drug-likeness (QED) is 0.698. The average molecular weight is 301 g/mol. The third kappa shape index (κ3) is 2.43. The van der Waals surface area contributed by atoms with Gasteiger partial charge in [-0.1, -0.05) is 33.8 Å². The summed E-state index contributed by atoms with van der Waals surface area (Å²) in [5, 5.41) is 8.81. The zero-order valence-electron chi connectivity index (χ0n) is 10.1. The van der Waals surface area contributed by atoms with Crippen LogP contribution in [0.15, 0.2) is 10.6 Å². The van der Waals surface area contributed by atoms with Gasteiger partial charge in [-0.3, -0.25) is 0 Å². The lowest BCUT2D eigenvalue weighted by Gasteiger charge is -2.33. The summed E-state index contributed by atoms with van der Waals surface area (Å²) in [4.78, 5) is 0. The van der Waals surface area contributed by atoms with Crippen LogP contribution in [-0.4, -0.2) is 29.2 Å². The molecule has 1 heterocycles. The molecule has 0 unspecified atom stereocenters. The molecule has 17 heavy (non-hydrogen) atoms. The fourth-order valence-corrected chi connectivity index (χ4v) is 3.14. The third-order valence-corrected chi connectivity index (χ3v) is 4.04. The van der Waals surface area contributed by atoms with E-state index in [0.29, 0.717) is 0 Å². The van der Waals surface area contributed by atoms with E-state index in [1.54, 1.807) is 0 Å². The first-order chi connectivity index (χ1) is 8.00. The van der Waals surface area contributed by atoms with Gasteiger partial charge >= 0.3 is 0 Å². The van der Waals surface area contributed by atoms with Gasteiger partial charge in [0.25, 0.3) is 0 Å². The molecule has 3 nitrogen and oxygen atoms in total. The lowest BCUT2D eigenvalue weighted by molar-refractivity contribution is -0.155. The molecule has 0 aromatic rings. The Bertz CT molecular complexity index is 391. The van der Waals surface area contributed by atoms with Crippen molar-refractivity contribution in [3.8, 4) is 11.8 Å². The number of hydrogen-bond donors (Lipinski definition) is 1. The summed E-state index contributed by atoms with van der Waals surface area (Å²) in [5.41, 5.74) is -0.496. The first-order valence-corrected chi connectivity index (χ1v) is 6.63. The van der Waals surface area contributed by atoms with Crippen LogP contribution in [0, 0.1) is 11.8 Å². The number of ether oxygens (including phenoxy) is 2. The summed E-state index contributed by atoms with van der Waals surface area (Å²) in [6.45, 7) is 3.63. The maximum Gasteiger partial charge on any atom is 0.166 e. The number of halogens is 1. The monoisotopic (exact) mass is 300 g/mol. The van der Waals surface area contributed by atoms with Gasteiger partial charge < -0.3 is 14.6 Å². The average Bonchev–Trinajstić information content (AvgIpc) is 2.52. The molecule has 2 atom stereocenters. The molecule has 0 radical (unpaired) electrons. The van der Waals surface area contributed by atoms with E-state index in [1.807, 2.05) is 13.8 Å². The van der Waals surface area contributed by atoms with Crippen LogP contribution in [0.1, 0.15) is 33.1 Å². The number of aliphatic hydroxyl groups is 1. The molecule has 94 valence electrons. The largest absolute Gasteiger partial charge is 0.384 e. The maximum atomic E-state index is 8.81. The molecule has 2 rings (SSSR count). The van der Waals surface area contributed by atoms with Gasteiger partial charge in [-0.25, -0.2) is 0 Å². The molecule has 1 N–H and O–H groups in total. The zero-order chi connectivity index (χ0) is 12.5. The smallest absolute Gasteiger partial charge is 0.166 e. The minimum absolute atomic E-state index is 0.155. The van der Waals surface area contributed by atoms with Crippen molar-refractivity contribution in [1.29, 1.82) is 0 Å². The lowest BCUT2D eigenvalue weighted by Crippen LogP contribution is -2.41. The summed E-state index contributed by atoms with van der Waals surface area (Å²) >= 11 is 3.58. The van der Waals surface area contributed by atoms with Gasteiger partial charge in [0.2, 0.25) is 0 Å². The molecule has 1 aliphatic carbocycles. The minimum Gasteiger partial charge on any atom is -0.384 e. The predicted octanol–water partition coefficient (Wildman–Crippen LogP) is 2.34. The van der Waals surface area contributed by atoms with E-state index in [1.165, 1.54) is 0 Å². The Morgan fingerprint density at radius 2 is 2.35 bits per heavy atom. The third-order valence-electron chi connectivity index (χ3n) is 3.05. The molecule has 1 spiro atoms. The highest BCUT2D eigenvalue weighted by atomic mass is 79.9. The first kappa shape index (κ1) is 13.1. The van der Waals surface area contributed by atoms with Crippen LogP contribution in [0.2, 0.25) is 0 Å². The van der Waals surface area contributed by atoms with Crippen LogP contribution in [-0.2, 0) is 9.47 Å². The predicted molar refractivity (Wildman–Crippen MR) is 68.5 cm³/mol. The van der Waals surface area contributed by atoms with Gasteiger partial charge in [0.15, 0.2) is 11.9 Å². The molecule has 1 fully saturated rings. The first-order valence-electron chi connectivity index (χ1n) is 5.83. The molecule has 0 bridgehead atoms. The van der Waals surface area contributed by atoms with Crippen molar-refractivity contribution in [2.24, 2.45) is 0 Å². The molecule has 0 saturated carbocycles. The van der Waals surface area contributed by atoms with Gasteiger partial charge in [0, 0.05) is 4.48 Å². The zero-order valence-corrected chi connectivity index (χ0v) is 11.7. The highest BCUT2D eigenvalue weighted by molar-refractivity contribution is 9.11. The van der Waals surface area contributed by atoms with E-state index < -0.39 is 11.4 Å². The van der Waals surface area contributed by atoms with Crippen molar-refractivity contribution in [2.45, 2.75) is 50.6 Å². The second-order valence-electron chi connectivity index (χ2n) is 4.81. The van der Waals surface area contributed by atoms with Crippen LogP contribution in [0.25, 0.3) is 0 Å². The lowest BCUT2D eigenvalue weighted by atomic mass is 9.86. The van der Waals surface area contributed by atoms with Crippen LogP contribution in [0.5, 0.6) is 0 Å². The van der Waals surface area contributed by atoms with Crippen molar-refractivity contribution >= 4 is 15.9 Å². The Balaban J connectivity index is 2.35. The standard InChI is InChI=1S/C13H17BrO3/c1-12(2)16-11(7-5-9-15)13(17-12)8-4-3-6-10(13)14/h6,11,15H,3-4,8-9H2,1-2H3/t11-,13+/m0/s1. The van der Waals surface area contributed by atoms with E-state index in [4.69, 9.17) is 14.6 Å². The summed E-state index contributed by atoms with van der Waals surface area (Å²) in [5.74, 6) is 4.99. The topological polar surface area (TPSA) is 38.7 Å². The van der Waals surface area contributed by atoms with Crippen LogP contribution >= 0.6 is 15.9 Å². The van der Waals surface area contributed by atoms with Crippen LogP contribution in [0.4, 0.5) is 0 Å². The summed E-state index contributed by atoms with van der Waals surface area (Å²) in [7, 11) is 0. The van der Waals surface area contributed by atoms with Crippen molar-refractivity contribution in [3.63, 3.8) is 0 Å². The molecule has 0 aromatic heterocycles. The molecule has 0 amide bonds. The molecule has 1 aliphatic heterocycles. The fraction of sp³-hybridized carbons (Fsp3) is 0.692. The van der Waals surface area contributed by atoms with E-state index in [2.05, 4.69) is 33.8 Å². The Hall–Kier alpha value is -0.340. The van der Waals surface area contributed by atoms with Crippen molar-refractivity contribution < 1.29 is 14.6 Å². The molecule has 1 saturated heterocycles. The van der Waals surface area contributed by atoms with Crippen molar-refractivity contribution in [2.75, 3.05) is 6.61 Å². The summed E-state index contributed by atoms with van der Waals surface area (Å²) in [6.07, 6.45) is 4.80. The number of allylic oxidation sites excluding steroid dienone is 1. The van der Waals surface area contributed by atoms with Crippen LogP contribution < -0.4 is 0 Å². The molecular weight excluding hydrogens is 284 g/mol. The van der Waals surface area contributed by atoms with Gasteiger partial charge in [-0.2, -0.15) is 0 Å². The van der Waals surface area contributed by atoms with Gasteiger partial charge in [0.1, 0.15) is 12.2 Å². The maximum absolute atomic E-state index is 8.81. The second kappa shape index (κ2) is 4.74. The Labute approximate surface area is 110 Å². The van der Waals surface area contributed by atoms with Crippen molar-refractivity contribution in [3.05, 3.63) is 10.6 Å². The number of rotatable bonds is 0. The highest BCUT2D eigenvalue weighted by Gasteiger charge is 2.54.